The van der Waals surface area contributed by atoms with Crippen molar-refractivity contribution in [1.29, 1.82) is 0 Å². The average molecular weight is 362 g/mol. The molecule has 0 fully saturated rings. The number of rotatable bonds is 4. The number of carbonyl (C=O) groups is 1. The van der Waals surface area contributed by atoms with Crippen LogP contribution in [0.2, 0.25) is 0 Å². The maximum atomic E-state index is 12.5. The van der Waals surface area contributed by atoms with Gasteiger partial charge in [0.2, 0.25) is 0 Å². The first-order valence-corrected chi connectivity index (χ1v) is 8.15. The summed E-state index contributed by atoms with van der Waals surface area (Å²) in [5, 5.41) is 6.84. The van der Waals surface area contributed by atoms with Crippen molar-refractivity contribution in [2.75, 3.05) is 5.32 Å². The van der Waals surface area contributed by atoms with E-state index in [9.17, 15) is 14.4 Å². The average Bonchev–Trinajstić information content (AvgIpc) is 3.03. The molecule has 0 saturated carbocycles. The number of carbonyl (C=O) groups excluding carboxylic acids is 1. The van der Waals surface area contributed by atoms with Gasteiger partial charge in [0.15, 0.2) is 5.58 Å². The van der Waals surface area contributed by atoms with Gasteiger partial charge in [0.25, 0.3) is 11.5 Å². The van der Waals surface area contributed by atoms with Gasteiger partial charge in [0, 0.05) is 11.8 Å². The zero-order valence-electron chi connectivity index (χ0n) is 14.0. The first kappa shape index (κ1) is 16.5. The molecule has 27 heavy (non-hydrogen) atoms. The molecule has 0 unspecified atom stereocenters. The lowest BCUT2D eigenvalue weighted by atomic mass is 10.2. The van der Waals surface area contributed by atoms with E-state index in [2.05, 4.69) is 15.4 Å². The zero-order chi connectivity index (χ0) is 18.8. The number of fused-ring (bicyclic) bond motifs is 1. The molecule has 2 aromatic carbocycles. The van der Waals surface area contributed by atoms with Crippen LogP contribution in [-0.4, -0.2) is 20.7 Å². The van der Waals surface area contributed by atoms with E-state index in [4.69, 9.17) is 4.42 Å². The number of H-pyrrole nitrogens is 1. The van der Waals surface area contributed by atoms with E-state index >= 15 is 0 Å². The van der Waals surface area contributed by atoms with Crippen molar-refractivity contribution in [3.05, 3.63) is 92.8 Å². The lowest BCUT2D eigenvalue weighted by Gasteiger charge is -2.08. The predicted molar refractivity (Wildman–Crippen MR) is 98.8 cm³/mol. The second-order valence-corrected chi connectivity index (χ2v) is 5.88. The molecule has 0 aliphatic rings. The van der Waals surface area contributed by atoms with Gasteiger partial charge in [0.1, 0.15) is 5.69 Å². The number of oxazole rings is 1. The minimum Gasteiger partial charge on any atom is -0.408 e. The van der Waals surface area contributed by atoms with Gasteiger partial charge in [-0.05, 0) is 29.8 Å². The van der Waals surface area contributed by atoms with Crippen LogP contribution < -0.4 is 16.6 Å². The van der Waals surface area contributed by atoms with E-state index in [1.807, 2.05) is 30.3 Å². The van der Waals surface area contributed by atoms with Crippen LogP contribution in [0.5, 0.6) is 0 Å². The molecule has 134 valence electrons. The molecule has 8 nitrogen and oxygen atoms in total. The minimum absolute atomic E-state index is 0.103. The Morgan fingerprint density at radius 1 is 1.07 bits per heavy atom. The molecule has 2 heterocycles. The fourth-order valence-corrected chi connectivity index (χ4v) is 2.66. The Morgan fingerprint density at radius 3 is 2.70 bits per heavy atom. The van der Waals surface area contributed by atoms with Crippen LogP contribution in [0.4, 0.5) is 5.69 Å². The second kappa shape index (κ2) is 6.75. The standard InChI is InChI=1S/C19H14N4O4/c24-17-9-7-14(22-23(17)11-12-4-2-1-3-5-12)18(25)20-13-6-8-16-15(10-13)21-19(26)27-16/h1-10H,11H2,(H,20,25)(H,21,26). The van der Waals surface area contributed by atoms with Gasteiger partial charge in [-0.3, -0.25) is 14.6 Å². The van der Waals surface area contributed by atoms with Crippen molar-refractivity contribution in [2.24, 2.45) is 0 Å². The molecule has 0 atom stereocenters. The fourth-order valence-electron chi connectivity index (χ4n) is 2.66. The summed E-state index contributed by atoms with van der Waals surface area (Å²) in [5.74, 6) is -1.04. The molecule has 0 spiro atoms. The van der Waals surface area contributed by atoms with E-state index < -0.39 is 11.7 Å². The van der Waals surface area contributed by atoms with E-state index in [1.54, 1.807) is 18.2 Å². The van der Waals surface area contributed by atoms with E-state index in [1.165, 1.54) is 16.8 Å². The summed E-state index contributed by atoms with van der Waals surface area (Å²) in [6, 6.07) is 16.8. The lowest BCUT2D eigenvalue weighted by Crippen LogP contribution is -2.26. The number of nitrogens with zero attached hydrogens (tertiary/aromatic N) is 2. The molecule has 4 rings (SSSR count). The first-order chi connectivity index (χ1) is 13.1. The molecule has 2 N–H and O–H groups in total. The Labute approximate surface area is 152 Å². The van der Waals surface area contributed by atoms with Gasteiger partial charge in [-0.1, -0.05) is 30.3 Å². The van der Waals surface area contributed by atoms with Crippen LogP contribution in [0.25, 0.3) is 11.1 Å². The number of amides is 1. The van der Waals surface area contributed by atoms with E-state index in [-0.39, 0.29) is 17.8 Å². The van der Waals surface area contributed by atoms with Crippen molar-refractivity contribution in [2.45, 2.75) is 6.54 Å². The maximum Gasteiger partial charge on any atom is 0.417 e. The van der Waals surface area contributed by atoms with Crippen LogP contribution in [-0.2, 0) is 6.54 Å². The molecule has 1 amide bonds. The third kappa shape index (κ3) is 3.54. The third-order valence-electron chi connectivity index (χ3n) is 3.95. The van der Waals surface area contributed by atoms with Crippen molar-refractivity contribution in [1.82, 2.24) is 14.8 Å². The summed E-state index contributed by atoms with van der Waals surface area (Å²) in [4.78, 5) is 38.2. The van der Waals surface area contributed by atoms with Crippen molar-refractivity contribution in [3.63, 3.8) is 0 Å². The van der Waals surface area contributed by atoms with Gasteiger partial charge in [0.05, 0.1) is 12.1 Å². The SMILES string of the molecule is O=C(Nc1ccc2oc(=O)[nH]c2c1)c1ccc(=O)n(Cc2ccccc2)n1. The number of aromatic nitrogens is 3. The molecule has 4 aromatic rings. The quantitative estimate of drug-likeness (QED) is 0.577. The van der Waals surface area contributed by atoms with Gasteiger partial charge in [-0.25, -0.2) is 9.48 Å². The summed E-state index contributed by atoms with van der Waals surface area (Å²) in [7, 11) is 0. The smallest absolute Gasteiger partial charge is 0.408 e. The Kier molecular flexibility index (Phi) is 4.13. The van der Waals surface area contributed by atoms with Crippen LogP contribution >= 0.6 is 0 Å². The number of benzene rings is 2. The van der Waals surface area contributed by atoms with Crippen molar-refractivity contribution >= 4 is 22.7 Å². The topological polar surface area (TPSA) is 110 Å². The molecule has 0 aliphatic carbocycles. The van der Waals surface area contributed by atoms with E-state index in [0.29, 0.717) is 16.8 Å². The van der Waals surface area contributed by atoms with E-state index in [0.717, 1.165) is 5.56 Å². The normalized spacial score (nSPS) is 10.8. The van der Waals surface area contributed by atoms with Crippen LogP contribution in [0.1, 0.15) is 16.1 Å². The Bertz CT molecular complexity index is 1240. The van der Waals surface area contributed by atoms with Gasteiger partial charge >= 0.3 is 5.76 Å². The largest absolute Gasteiger partial charge is 0.417 e. The van der Waals surface area contributed by atoms with Gasteiger partial charge in [-0.2, -0.15) is 5.10 Å². The fraction of sp³-hybridized carbons (Fsp3) is 0.0526. The molecule has 2 aromatic heterocycles. The molecule has 0 saturated heterocycles. The molecular weight excluding hydrogens is 348 g/mol. The molecule has 0 bridgehead atoms. The number of aromatic amines is 1. The number of hydrogen-bond donors (Lipinski definition) is 2. The summed E-state index contributed by atoms with van der Waals surface area (Å²) >= 11 is 0. The Hall–Kier alpha value is -3.94. The molecular formula is C19H14N4O4. The summed E-state index contributed by atoms with van der Waals surface area (Å²) in [6.07, 6.45) is 0. The molecule has 0 radical (unpaired) electrons. The monoisotopic (exact) mass is 362 g/mol. The van der Waals surface area contributed by atoms with Crippen molar-refractivity contribution in [3.8, 4) is 0 Å². The number of anilines is 1. The number of nitrogens with one attached hydrogen (secondary N) is 2. The summed E-state index contributed by atoms with van der Waals surface area (Å²) in [5.41, 5.74) is 2.04. The minimum atomic E-state index is -0.567. The maximum absolute atomic E-state index is 12.5. The highest BCUT2D eigenvalue weighted by atomic mass is 16.4. The highest BCUT2D eigenvalue weighted by Crippen LogP contribution is 2.16. The summed E-state index contributed by atoms with van der Waals surface area (Å²) < 4.78 is 6.16. The second-order valence-electron chi connectivity index (χ2n) is 5.88. The Morgan fingerprint density at radius 2 is 1.89 bits per heavy atom. The highest BCUT2D eigenvalue weighted by molar-refractivity contribution is 6.03. The van der Waals surface area contributed by atoms with Gasteiger partial charge in [-0.15, -0.1) is 0 Å². The Balaban J connectivity index is 1.58. The lowest BCUT2D eigenvalue weighted by molar-refractivity contribution is 0.102. The number of hydrogen-bond acceptors (Lipinski definition) is 5. The zero-order valence-corrected chi connectivity index (χ0v) is 14.0. The van der Waals surface area contributed by atoms with Crippen LogP contribution in [0, 0.1) is 0 Å². The van der Waals surface area contributed by atoms with Crippen LogP contribution in [0.15, 0.2) is 74.7 Å². The molecule has 0 aliphatic heterocycles. The predicted octanol–water partition coefficient (Wildman–Crippen LogP) is 1.98. The summed E-state index contributed by atoms with van der Waals surface area (Å²) in [6.45, 7) is 0.267. The first-order valence-electron chi connectivity index (χ1n) is 8.15. The van der Waals surface area contributed by atoms with Crippen molar-refractivity contribution < 1.29 is 9.21 Å². The van der Waals surface area contributed by atoms with Gasteiger partial charge < -0.3 is 9.73 Å². The van der Waals surface area contributed by atoms with Crippen LogP contribution in [0.3, 0.4) is 0 Å². The molecule has 8 heteroatoms. The third-order valence-corrected chi connectivity index (χ3v) is 3.95. The highest BCUT2D eigenvalue weighted by Gasteiger charge is 2.11.